The molecule has 0 saturated carbocycles. The van der Waals surface area contributed by atoms with E-state index in [0.717, 1.165) is 0 Å². The maximum atomic E-state index is 14.0. The first kappa shape index (κ1) is 13.6. The van der Waals surface area contributed by atoms with E-state index in [1.807, 2.05) is 25.3 Å². The van der Waals surface area contributed by atoms with E-state index in [1.54, 1.807) is 23.0 Å². The van der Waals surface area contributed by atoms with Crippen LogP contribution < -0.4 is 5.32 Å². The highest BCUT2D eigenvalue weighted by molar-refractivity contribution is 9.10. The average Bonchev–Trinajstić information content (AvgIpc) is 2.88. The molecule has 1 unspecified atom stereocenters. The van der Waals surface area contributed by atoms with Gasteiger partial charge in [0.05, 0.1) is 22.3 Å². The van der Waals surface area contributed by atoms with Gasteiger partial charge in [0.15, 0.2) is 5.82 Å². The van der Waals surface area contributed by atoms with Crippen LogP contribution in [0, 0.1) is 17.1 Å². The highest BCUT2D eigenvalue weighted by Gasteiger charge is 2.13. The number of nitrogens with zero attached hydrogens (tertiary/aromatic N) is 3. The van der Waals surface area contributed by atoms with Crippen molar-refractivity contribution in [3.05, 3.63) is 46.4 Å². The molecule has 0 fully saturated rings. The molecule has 6 heteroatoms. The van der Waals surface area contributed by atoms with Gasteiger partial charge in [-0.05, 0) is 41.1 Å². The maximum Gasteiger partial charge on any atom is 0.161 e. The minimum atomic E-state index is -0.452. The second kappa shape index (κ2) is 5.85. The summed E-state index contributed by atoms with van der Waals surface area (Å²) in [5.41, 5.74) is 0.647. The van der Waals surface area contributed by atoms with Gasteiger partial charge in [-0.3, -0.25) is 4.68 Å². The van der Waals surface area contributed by atoms with E-state index >= 15 is 0 Å². The normalized spacial score (nSPS) is 11.9. The lowest BCUT2D eigenvalue weighted by Crippen LogP contribution is -2.22. The first-order valence-electron chi connectivity index (χ1n) is 5.74. The van der Waals surface area contributed by atoms with Gasteiger partial charge < -0.3 is 5.32 Å². The second-order valence-electron chi connectivity index (χ2n) is 4.17. The number of benzene rings is 1. The smallest absolute Gasteiger partial charge is 0.161 e. The Morgan fingerprint density at radius 3 is 3.00 bits per heavy atom. The molecule has 2 aromatic rings. The highest BCUT2D eigenvalue weighted by Crippen LogP contribution is 2.27. The highest BCUT2D eigenvalue weighted by atomic mass is 79.9. The van der Waals surface area contributed by atoms with Crippen LogP contribution >= 0.6 is 15.9 Å². The molecule has 0 aliphatic carbocycles. The number of halogens is 2. The van der Waals surface area contributed by atoms with Gasteiger partial charge in [-0.25, -0.2) is 4.39 Å². The van der Waals surface area contributed by atoms with Crippen LogP contribution in [0.4, 0.5) is 10.1 Å². The lowest BCUT2D eigenvalue weighted by atomic mass is 10.2. The van der Waals surface area contributed by atoms with Gasteiger partial charge in [0.25, 0.3) is 0 Å². The minimum Gasteiger partial charge on any atom is -0.378 e. The van der Waals surface area contributed by atoms with Gasteiger partial charge in [-0.1, -0.05) is 0 Å². The van der Waals surface area contributed by atoms with Crippen molar-refractivity contribution >= 4 is 21.6 Å². The molecular weight excluding hydrogens is 311 g/mol. The van der Waals surface area contributed by atoms with Gasteiger partial charge in [0.1, 0.15) is 6.07 Å². The molecule has 1 N–H and O–H groups in total. The Bertz CT molecular complexity index is 604. The van der Waals surface area contributed by atoms with Crippen LogP contribution in [0.2, 0.25) is 0 Å². The molecule has 0 spiro atoms. The first-order chi connectivity index (χ1) is 9.11. The fraction of sp³-hybridized carbons (Fsp3) is 0.231. The van der Waals surface area contributed by atoms with Gasteiger partial charge in [0.2, 0.25) is 0 Å². The molecule has 1 heterocycles. The third kappa shape index (κ3) is 3.12. The maximum absolute atomic E-state index is 14.0. The van der Waals surface area contributed by atoms with E-state index in [-0.39, 0.29) is 16.1 Å². The third-order valence-electron chi connectivity index (χ3n) is 2.62. The zero-order valence-corrected chi connectivity index (χ0v) is 11.9. The third-order valence-corrected chi connectivity index (χ3v) is 3.40. The van der Waals surface area contributed by atoms with E-state index in [9.17, 15) is 4.39 Å². The number of nitriles is 1. The molecule has 1 atom stereocenters. The summed E-state index contributed by atoms with van der Waals surface area (Å²) in [6, 6.07) is 6.92. The van der Waals surface area contributed by atoms with Crippen LogP contribution in [-0.4, -0.2) is 15.8 Å². The summed E-state index contributed by atoms with van der Waals surface area (Å²) >= 11 is 3.09. The van der Waals surface area contributed by atoms with Crippen LogP contribution in [0.15, 0.2) is 35.1 Å². The Balaban J connectivity index is 2.11. The summed E-state index contributed by atoms with van der Waals surface area (Å²) in [7, 11) is 0. The molecule has 98 valence electrons. The van der Waals surface area contributed by atoms with Crippen LogP contribution in [-0.2, 0) is 6.54 Å². The molecule has 0 saturated heterocycles. The molecule has 0 aliphatic rings. The number of anilines is 1. The van der Waals surface area contributed by atoms with E-state index in [1.165, 1.54) is 0 Å². The van der Waals surface area contributed by atoms with Crippen molar-refractivity contribution in [3.8, 4) is 6.07 Å². The van der Waals surface area contributed by atoms with Crippen molar-refractivity contribution in [2.45, 2.75) is 19.5 Å². The quantitative estimate of drug-likeness (QED) is 0.940. The molecule has 19 heavy (non-hydrogen) atoms. The predicted octanol–water partition coefficient (Wildman–Crippen LogP) is 3.16. The van der Waals surface area contributed by atoms with Crippen LogP contribution in [0.1, 0.15) is 12.5 Å². The summed E-state index contributed by atoms with van der Waals surface area (Å²) in [5, 5.41) is 16.0. The van der Waals surface area contributed by atoms with Crippen LogP contribution in [0.5, 0.6) is 0 Å². The fourth-order valence-electron chi connectivity index (χ4n) is 1.75. The number of nitrogens with one attached hydrogen (secondary N) is 1. The summed E-state index contributed by atoms with van der Waals surface area (Å²) in [4.78, 5) is 0. The lowest BCUT2D eigenvalue weighted by Gasteiger charge is -2.16. The Morgan fingerprint density at radius 1 is 1.58 bits per heavy atom. The van der Waals surface area contributed by atoms with Crippen molar-refractivity contribution in [1.82, 2.24) is 9.78 Å². The van der Waals surface area contributed by atoms with Crippen molar-refractivity contribution in [2.24, 2.45) is 0 Å². The molecule has 2 rings (SSSR count). The first-order valence-corrected chi connectivity index (χ1v) is 6.53. The van der Waals surface area contributed by atoms with Crippen molar-refractivity contribution in [1.29, 1.82) is 5.26 Å². The minimum absolute atomic E-state index is 0.00855. The lowest BCUT2D eigenvalue weighted by molar-refractivity contribution is 0.554. The standard InChI is InChI=1S/C13H12BrFN4/c1-9(8-19-6-2-5-17-19)18-11-4-3-10(7-16)12(14)13(11)15/h2-6,9,18H,8H2,1H3. The van der Waals surface area contributed by atoms with Gasteiger partial charge in [0, 0.05) is 18.4 Å². The van der Waals surface area contributed by atoms with E-state index in [2.05, 4.69) is 26.3 Å². The predicted molar refractivity (Wildman–Crippen MR) is 74.1 cm³/mol. The molecule has 4 nitrogen and oxygen atoms in total. The summed E-state index contributed by atoms with van der Waals surface area (Å²) in [5.74, 6) is -0.452. The van der Waals surface area contributed by atoms with Gasteiger partial charge in [-0.15, -0.1) is 0 Å². The summed E-state index contributed by atoms with van der Waals surface area (Å²) in [6.07, 6.45) is 3.55. The topological polar surface area (TPSA) is 53.6 Å². The zero-order chi connectivity index (χ0) is 13.8. The van der Waals surface area contributed by atoms with E-state index < -0.39 is 5.82 Å². The Labute approximate surface area is 119 Å². The van der Waals surface area contributed by atoms with E-state index in [4.69, 9.17) is 5.26 Å². The molecule has 1 aromatic carbocycles. The molecule has 0 bridgehead atoms. The molecule has 0 aliphatic heterocycles. The Morgan fingerprint density at radius 2 is 2.37 bits per heavy atom. The number of aromatic nitrogens is 2. The molecule has 0 amide bonds. The van der Waals surface area contributed by atoms with Crippen molar-refractivity contribution < 1.29 is 4.39 Å². The SMILES string of the molecule is CC(Cn1cccn1)Nc1ccc(C#N)c(Br)c1F. The molecule has 0 radical (unpaired) electrons. The Kier molecular flexibility index (Phi) is 4.17. The number of hydrogen-bond acceptors (Lipinski definition) is 3. The largest absolute Gasteiger partial charge is 0.378 e. The summed E-state index contributed by atoms with van der Waals surface area (Å²) in [6.45, 7) is 2.57. The van der Waals surface area contributed by atoms with Crippen molar-refractivity contribution in [3.63, 3.8) is 0 Å². The number of rotatable bonds is 4. The summed E-state index contributed by atoms with van der Waals surface area (Å²) < 4.78 is 16.0. The van der Waals surface area contributed by atoms with E-state index in [0.29, 0.717) is 12.2 Å². The van der Waals surface area contributed by atoms with Gasteiger partial charge >= 0.3 is 0 Å². The Hall–Kier alpha value is -1.87. The van der Waals surface area contributed by atoms with Gasteiger partial charge in [-0.2, -0.15) is 10.4 Å². The van der Waals surface area contributed by atoms with Crippen LogP contribution in [0.25, 0.3) is 0 Å². The second-order valence-corrected chi connectivity index (χ2v) is 4.97. The zero-order valence-electron chi connectivity index (χ0n) is 10.3. The number of hydrogen-bond donors (Lipinski definition) is 1. The fourth-order valence-corrected chi connectivity index (χ4v) is 2.18. The van der Waals surface area contributed by atoms with Crippen LogP contribution in [0.3, 0.4) is 0 Å². The molecular formula is C13H12BrFN4. The molecule has 1 aromatic heterocycles. The monoisotopic (exact) mass is 322 g/mol. The van der Waals surface area contributed by atoms with Crippen molar-refractivity contribution in [2.75, 3.05) is 5.32 Å². The average molecular weight is 323 g/mol.